The Balaban J connectivity index is 1.89. The number of hydrogen-bond donors (Lipinski definition) is 0. The summed E-state index contributed by atoms with van der Waals surface area (Å²) in [7, 11) is 2.00. The molecule has 1 aromatic carbocycles. The highest BCUT2D eigenvalue weighted by Gasteiger charge is 2.32. The SMILES string of the molecule is C[C@@H]1C=CC[C@](C=O)(CCc2c(Cl)n(C)c3ccccc23)C1. The fraction of sp³-hybridized carbons (Fsp3) is 0.421. The van der Waals surface area contributed by atoms with E-state index in [0.29, 0.717) is 5.92 Å². The maximum absolute atomic E-state index is 11.7. The molecule has 2 atom stereocenters. The Morgan fingerprint density at radius 1 is 1.41 bits per heavy atom. The number of halogens is 1. The smallest absolute Gasteiger partial charge is 0.126 e. The third kappa shape index (κ3) is 2.61. The van der Waals surface area contributed by atoms with Crippen molar-refractivity contribution in [3.63, 3.8) is 0 Å². The first-order chi connectivity index (χ1) is 10.6. The molecule has 2 nitrogen and oxygen atoms in total. The van der Waals surface area contributed by atoms with E-state index >= 15 is 0 Å². The van der Waals surface area contributed by atoms with Gasteiger partial charge in [-0.1, -0.05) is 48.9 Å². The monoisotopic (exact) mass is 315 g/mol. The zero-order valence-corrected chi connectivity index (χ0v) is 13.9. The van der Waals surface area contributed by atoms with Gasteiger partial charge in [-0.15, -0.1) is 0 Å². The lowest BCUT2D eigenvalue weighted by atomic mass is 9.71. The third-order valence-electron chi connectivity index (χ3n) is 4.97. The fourth-order valence-electron chi connectivity index (χ4n) is 3.74. The number of aromatic nitrogens is 1. The lowest BCUT2D eigenvalue weighted by Crippen LogP contribution is -2.27. The van der Waals surface area contributed by atoms with Crippen molar-refractivity contribution in [2.75, 3.05) is 0 Å². The number of hydrogen-bond acceptors (Lipinski definition) is 1. The highest BCUT2D eigenvalue weighted by Crippen LogP contribution is 2.39. The van der Waals surface area contributed by atoms with Gasteiger partial charge in [0.05, 0.1) is 0 Å². The molecule has 1 heterocycles. The Morgan fingerprint density at radius 3 is 2.91 bits per heavy atom. The minimum atomic E-state index is -0.228. The lowest BCUT2D eigenvalue weighted by molar-refractivity contribution is -0.117. The second kappa shape index (κ2) is 5.92. The van der Waals surface area contributed by atoms with Gasteiger partial charge in [0, 0.05) is 23.4 Å². The summed E-state index contributed by atoms with van der Waals surface area (Å²) in [6.07, 6.45) is 9.04. The van der Waals surface area contributed by atoms with E-state index in [0.717, 1.165) is 36.4 Å². The summed E-state index contributed by atoms with van der Waals surface area (Å²) in [6.45, 7) is 2.18. The molecule has 22 heavy (non-hydrogen) atoms. The van der Waals surface area contributed by atoms with Gasteiger partial charge in [-0.2, -0.15) is 0 Å². The second-order valence-electron chi connectivity index (χ2n) is 6.64. The molecule has 0 bridgehead atoms. The van der Waals surface area contributed by atoms with Crippen LogP contribution >= 0.6 is 11.6 Å². The molecule has 0 amide bonds. The van der Waals surface area contributed by atoms with Crippen molar-refractivity contribution >= 4 is 28.8 Å². The van der Waals surface area contributed by atoms with Gasteiger partial charge in [0.2, 0.25) is 0 Å². The van der Waals surface area contributed by atoms with E-state index in [1.54, 1.807) is 0 Å². The zero-order valence-electron chi connectivity index (χ0n) is 13.2. The normalized spacial score (nSPS) is 24.8. The summed E-state index contributed by atoms with van der Waals surface area (Å²) in [5.41, 5.74) is 2.09. The van der Waals surface area contributed by atoms with Crippen LogP contribution in [0.15, 0.2) is 36.4 Å². The number of carbonyl (C=O) groups is 1. The average Bonchev–Trinajstić information content (AvgIpc) is 2.77. The van der Waals surface area contributed by atoms with E-state index in [1.807, 2.05) is 23.7 Å². The number of rotatable bonds is 4. The molecule has 0 aliphatic heterocycles. The molecule has 0 saturated carbocycles. The molecule has 1 aliphatic carbocycles. The molecule has 0 unspecified atom stereocenters. The van der Waals surface area contributed by atoms with Gasteiger partial charge in [0.25, 0.3) is 0 Å². The topological polar surface area (TPSA) is 22.0 Å². The minimum Gasteiger partial charge on any atom is -0.335 e. The number of nitrogens with zero attached hydrogens (tertiary/aromatic N) is 1. The Bertz CT molecular complexity index is 730. The Kier molecular flexibility index (Phi) is 4.14. The number of aryl methyl sites for hydroxylation is 2. The van der Waals surface area contributed by atoms with Crippen LogP contribution in [0.3, 0.4) is 0 Å². The van der Waals surface area contributed by atoms with Crippen LogP contribution in [0.2, 0.25) is 5.15 Å². The summed E-state index contributed by atoms with van der Waals surface area (Å²) < 4.78 is 2.03. The van der Waals surface area contributed by atoms with Gasteiger partial charge < -0.3 is 9.36 Å². The number of para-hydroxylation sites is 1. The highest BCUT2D eigenvalue weighted by atomic mass is 35.5. The summed E-state index contributed by atoms with van der Waals surface area (Å²) in [5.74, 6) is 0.474. The van der Waals surface area contributed by atoms with E-state index in [4.69, 9.17) is 11.6 Å². The van der Waals surface area contributed by atoms with Gasteiger partial charge in [0.1, 0.15) is 11.4 Å². The van der Waals surface area contributed by atoms with Crippen molar-refractivity contribution in [2.45, 2.75) is 32.6 Å². The molecule has 3 heteroatoms. The Labute approximate surface area is 136 Å². The number of aldehydes is 1. The zero-order chi connectivity index (χ0) is 15.7. The summed E-state index contributed by atoms with van der Waals surface area (Å²) >= 11 is 6.53. The molecule has 1 aromatic heterocycles. The minimum absolute atomic E-state index is 0.228. The molecule has 116 valence electrons. The molecule has 2 aromatic rings. The summed E-state index contributed by atoms with van der Waals surface area (Å²) in [4.78, 5) is 11.7. The van der Waals surface area contributed by atoms with E-state index in [9.17, 15) is 4.79 Å². The number of fused-ring (bicyclic) bond motifs is 1. The molecule has 0 radical (unpaired) electrons. The fourth-order valence-corrected chi connectivity index (χ4v) is 4.03. The van der Waals surface area contributed by atoms with E-state index in [2.05, 4.69) is 31.2 Å². The van der Waals surface area contributed by atoms with Crippen LogP contribution in [0.5, 0.6) is 0 Å². The van der Waals surface area contributed by atoms with Crippen molar-refractivity contribution in [1.29, 1.82) is 0 Å². The molecule has 0 fully saturated rings. The van der Waals surface area contributed by atoms with E-state index in [1.165, 1.54) is 17.2 Å². The van der Waals surface area contributed by atoms with E-state index < -0.39 is 0 Å². The standard InChI is InChI=1S/C19H22ClNO/c1-14-6-5-10-19(12-14,13-22)11-9-16-15-7-3-4-8-17(15)21(2)18(16)20/h3-8,13-14H,9-12H2,1-2H3/t14-,19+/m1/s1. The van der Waals surface area contributed by atoms with Gasteiger partial charge >= 0.3 is 0 Å². The van der Waals surface area contributed by atoms with Crippen molar-refractivity contribution < 1.29 is 4.79 Å². The molecular weight excluding hydrogens is 294 g/mol. The number of benzene rings is 1. The van der Waals surface area contributed by atoms with Crippen LogP contribution in [-0.2, 0) is 18.3 Å². The van der Waals surface area contributed by atoms with Crippen LogP contribution < -0.4 is 0 Å². The first-order valence-corrected chi connectivity index (χ1v) is 8.29. The highest BCUT2D eigenvalue weighted by molar-refractivity contribution is 6.32. The molecular formula is C19H22ClNO. The number of allylic oxidation sites excluding steroid dienone is 2. The van der Waals surface area contributed by atoms with Crippen LogP contribution in [0, 0.1) is 11.3 Å². The average molecular weight is 316 g/mol. The van der Waals surface area contributed by atoms with Gasteiger partial charge in [0.15, 0.2) is 0 Å². The molecule has 0 N–H and O–H groups in total. The van der Waals surface area contributed by atoms with Gasteiger partial charge in [-0.3, -0.25) is 0 Å². The van der Waals surface area contributed by atoms with Crippen molar-refractivity contribution in [3.05, 3.63) is 47.1 Å². The second-order valence-corrected chi connectivity index (χ2v) is 7.00. The van der Waals surface area contributed by atoms with Crippen LogP contribution in [0.25, 0.3) is 10.9 Å². The van der Waals surface area contributed by atoms with Crippen LogP contribution in [-0.4, -0.2) is 10.9 Å². The first kappa shape index (κ1) is 15.4. The third-order valence-corrected chi connectivity index (χ3v) is 5.46. The van der Waals surface area contributed by atoms with Crippen molar-refractivity contribution in [2.24, 2.45) is 18.4 Å². The van der Waals surface area contributed by atoms with Gasteiger partial charge in [-0.25, -0.2) is 0 Å². The Morgan fingerprint density at radius 2 is 2.18 bits per heavy atom. The largest absolute Gasteiger partial charge is 0.335 e. The number of carbonyl (C=O) groups excluding carboxylic acids is 1. The summed E-state index contributed by atoms with van der Waals surface area (Å²) in [6, 6.07) is 8.28. The predicted octanol–water partition coefficient (Wildman–Crippen LogP) is 4.94. The quantitative estimate of drug-likeness (QED) is 0.579. The van der Waals surface area contributed by atoms with Crippen LogP contribution in [0.1, 0.15) is 31.7 Å². The lowest BCUT2D eigenvalue weighted by Gasteiger charge is -2.32. The van der Waals surface area contributed by atoms with E-state index in [-0.39, 0.29) is 5.41 Å². The molecule has 0 saturated heterocycles. The predicted molar refractivity (Wildman–Crippen MR) is 92.3 cm³/mol. The molecule has 0 spiro atoms. The van der Waals surface area contributed by atoms with Crippen molar-refractivity contribution in [3.8, 4) is 0 Å². The Hall–Kier alpha value is -1.54. The van der Waals surface area contributed by atoms with Crippen LogP contribution in [0.4, 0.5) is 0 Å². The maximum Gasteiger partial charge on any atom is 0.126 e. The maximum atomic E-state index is 11.7. The first-order valence-electron chi connectivity index (χ1n) is 7.91. The summed E-state index contributed by atoms with van der Waals surface area (Å²) in [5, 5.41) is 2.00. The van der Waals surface area contributed by atoms with Crippen molar-refractivity contribution in [1.82, 2.24) is 4.57 Å². The van der Waals surface area contributed by atoms with Gasteiger partial charge in [-0.05, 0) is 43.2 Å². The molecule has 1 aliphatic rings. The molecule has 3 rings (SSSR count).